The van der Waals surface area contributed by atoms with Crippen LogP contribution in [-0.4, -0.2) is 46.9 Å². The smallest absolute Gasteiger partial charge is 0.264 e. The topological polar surface area (TPSA) is 87.9 Å². The molecule has 0 radical (unpaired) electrons. The Bertz CT molecular complexity index is 1430. The zero-order valence-corrected chi connectivity index (χ0v) is 20.3. The van der Waals surface area contributed by atoms with Crippen LogP contribution in [0.25, 0.3) is 5.65 Å². The Morgan fingerprint density at radius 3 is 2.51 bits per heavy atom. The average molecular weight is 490 g/mol. The van der Waals surface area contributed by atoms with Gasteiger partial charge in [-0.15, -0.1) is 10.2 Å². The van der Waals surface area contributed by atoms with Crippen LogP contribution in [0.15, 0.2) is 83.9 Å². The van der Waals surface area contributed by atoms with E-state index < -0.39 is 10.0 Å². The van der Waals surface area contributed by atoms with Crippen LogP contribution in [0, 0.1) is 6.92 Å². The number of para-hydroxylation sites is 1. The van der Waals surface area contributed by atoms with Gasteiger partial charge in [0.15, 0.2) is 11.5 Å². The number of hydrogen-bond acceptors (Lipinski definition) is 5. The Kier molecular flexibility index (Phi) is 6.25. The molecule has 1 fully saturated rings. The molecule has 1 amide bonds. The number of benzene rings is 2. The summed E-state index contributed by atoms with van der Waals surface area (Å²) in [6.07, 6.45) is 3.62. The highest BCUT2D eigenvalue weighted by atomic mass is 32.2. The maximum atomic E-state index is 13.6. The van der Waals surface area contributed by atoms with Gasteiger partial charge in [0.05, 0.1) is 16.6 Å². The Morgan fingerprint density at radius 2 is 1.74 bits per heavy atom. The summed E-state index contributed by atoms with van der Waals surface area (Å²) in [7, 11) is -3.84. The fraction of sp³-hybridized carbons (Fsp3) is 0.269. The van der Waals surface area contributed by atoms with E-state index in [1.807, 2.05) is 46.7 Å². The second-order valence-electron chi connectivity index (χ2n) is 8.71. The first-order valence-corrected chi connectivity index (χ1v) is 13.1. The van der Waals surface area contributed by atoms with Crippen LogP contribution >= 0.6 is 0 Å². The predicted molar refractivity (Wildman–Crippen MR) is 133 cm³/mol. The summed E-state index contributed by atoms with van der Waals surface area (Å²) in [5.74, 6) is 0.638. The quantitative estimate of drug-likeness (QED) is 0.392. The van der Waals surface area contributed by atoms with E-state index in [-0.39, 0.29) is 29.8 Å². The van der Waals surface area contributed by atoms with Crippen molar-refractivity contribution >= 4 is 27.3 Å². The van der Waals surface area contributed by atoms with Crippen molar-refractivity contribution in [2.45, 2.75) is 37.1 Å². The largest absolute Gasteiger partial charge is 0.332 e. The molecule has 0 N–H and O–H groups in total. The number of pyridine rings is 1. The lowest BCUT2D eigenvalue weighted by Crippen LogP contribution is -2.37. The Hall–Kier alpha value is -3.72. The molecule has 1 unspecified atom stereocenters. The first kappa shape index (κ1) is 23.0. The number of carbonyl (C=O) groups excluding carboxylic acids is 1. The van der Waals surface area contributed by atoms with Crippen molar-refractivity contribution in [2.75, 3.05) is 17.4 Å². The van der Waals surface area contributed by atoms with Gasteiger partial charge in [0.1, 0.15) is 0 Å². The van der Waals surface area contributed by atoms with Gasteiger partial charge in [-0.3, -0.25) is 13.5 Å². The number of aryl methyl sites for hydroxylation is 1. The molecular weight excluding hydrogens is 462 g/mol. The van der Waals surface area contributed by atoms with Gasteiger partial charge in [0, 0.05) is 25.7 Å². The van der Waals surface area contributed by atoms with Crippen molar-refractivity contribution in [2.24, 2.45) is 0 Å². The van der Waals surface area contributed by atoms with Gasteiger partial charge in [0.2, 0.25) is 5.91 Å². The third-order valence-electron chi connectivity index (χ3n) is 6.39. The standard InChI is InChI=1S/C26H27N5O3S/c1-20-12-14-22(15-13-20)35(33,34)31(21-8-3-2-4-9-21)19-16-25(32)29-18-7-10-23(29)26-28-27-24-11-5-6-17-30(24)26/h2-6,8-9,11-15,17,23H,7,10,16,18-19H2,1H3. The van der Waals surface area contributed by atoms with Crippen molar-refractivity contribution in [1.82, 2.24) is 19.5 Å². The first-order valence-electron chi connectivity index (χ1n) is 11.7. The Morgan fingerprint density at radius 1 is 1.00 bits per heavy atom. The maximum Gasteiger partial charge on any atom is 0.264 e. The molecular formula is C26H27N5O3S. The van der Waals surface area contributed by atoms with Gasteiger partial charge in [0.25, 0.3) is 10.0 Å². The molecule has 0 spiro atoms. The van der Waals surface area contributed by atoms with Crippen molar-refractivity contribution < 1.29 is 13.2 Å². The summed E-state index contributed by atoms with van der Waals surface area (Å²) in [6, 6.07) is 21.2. The number of fused-ring (bicyclic) bond motifs is 1. The number of aromatic nitrogens is 3. The molecule has 0 saturated carbocycles. The number of anilines is 1. The number of amides is 1. The van der Waals surface area contributed by atoms with Gasteiger partial charge in [-0.2, -0.15) is 0 Å². The highest BCUT2D eigenvalue weighted by molar-refractivity contribution is 7.92. The molecule has 0 aliphatic carbocycles. The first-order chi connectivity index (χ1) is 16.9. The molecule has 9 heteroatoms. The molecule has 1 aliphatic rings. The van der Waals surface area contributed by atoms with Crippen LogP contribution in [0.3, 0.4) is 0 Å². The summed E-state index contributed by atoms with van der Waals surface area (Å²) in [5.41, 5.74) is 2.25. The number of sulfonamides is 1. The summed E-state index contributed by atoms with van der Waals surface area (Å²) in [6.45, 7) is 2.57. The minimum absolute atomic E-state index is 0.0445. The highest BCUT2D eigenvalue weighted by Crippen LogP contribution is 2.32. The summed E-state index contributed by atoms with van der Waals surface area (Å²) >= 11 is 0. The SMILES string of the molecule is Cc1ccc(S(=O)(=O)N(CCC(=O)N2CCCC2c2nnc3ccccn23)c2ccccc2)cc1. The molecule has 0 bridgehead atoms. The summed E-state index contributed by atoms with van der Waals surface area (Å²) in [4.78, 5) is 15.4. The molecule has 1 atom stereocenters. The number of hydrogen-bond donors (Lipinski definition) is 0. The number of nitrogens with zero attached hydrogens (tertiary/aromatic N) is 5. The van der Waals surface area contributed by atoms with Crippen LogP contribution in [0.2, 0.25) is 0 Å². The molecule has 4 aromatic rings. The second-order valence-corrected chi connectivity index (χ2v) is 10.6. The molecule has 3 heterocycles. The molecule has 5 rings (SSSR count). The number of likely N-dealkylation sites (tertiary alicyclic amines) is 1. The lowest BCUT2D eigenvalue weighted by molar-refractivity contribution is -0.132. The van der Waals surface area contributed by atoms with E-state index in [1.165, 1.54) is 4.31 Å². The number of rotatable bonds is 7. The predicted octanol–water partition coefficient (Wildman–Crippen LogP) is 3.99. The van der Waals surface area contributed by atoms with Gasteiger partial charge in [-0.05, 0) is 56.2 Å². The van der Waals surface area contributed by atoms with Crippen LogP contribution < -0.4 is 4.31 Å². The fourth-order valence-corrected chi connectivity index (χ4v) is 6.05. The molecule has 8 nitrogen and oxygen atoms in total. The number of carbonyl (C=O) groups is 1. The van der Waals surface area contributed by atoms with E-state index in [9.17, 15) is 13.2 Å². The molecule has 1 aliphatic heterocycles. The van der Waals surface area contributed by atoms with Crippen molar-refractivity contribution in [3.8, 4) is 0 Å². The summed E-state index contributed by atoms with van der Waals surface area (Å²) < 4.78 is 30.3. The van der Waals surface area contributed by atoms with Gasteiger partial charge >= 0.3 is 0 Å². The molecule has 1 saturated heterocycles. The zero-order chi connectivity index (χ0) is 24.4. The normalized spacial score (nSPS) is 16.0. The minimum Gasteiger partial charge on any atom is -0.332 e. The Balaban J connectivity index is 1.39. The van der Waals surface area contributed by atoms with Crippen LogP contribution in [0.5, 0.6) is 0 Å². The van der Waals surface area contributed by atoms with E-state index in [0.29, 0.717) is 12.2 Å². The van der Waals surface area contributed by atoms with Crippen molar-refractivity contribution in [1.29, 1.82) is 0 Å². The highest BCUT2D eigenvalue weighted by Gasteiger charge is 2.34. The molecule has 2 aromatic heterocycles. The Labute approximate surface area is 204 Å². The van der Waals surface area contributed by atoms with Gasteiger partial charge in [-0.25, -0.2) is 8.42 Å². The maximum absolute atomic E-state index is 13.6. The molecule has 180 valence electrons. The second kappa shape index (κ2) is 9.50. The van der Waals surface area contributed by atoms with E-state index in [1.54, 1.807) is 48.5 Å². The van der Waals surface area contributed by atoms with Crippen LogP contribution in [0.4, 0.5) is 5.69 Å². The van der Waals surface area contributed by atoms with E-state index >= 15 is 0 Å². The molecule has 35 heavy (non-hydrogen) atoms. The van der Waals surface area contributed by atoms with E-state index in [4.69, 9.17) is 0 Å². The van der Waals surface area contributed by atoms with Crippen molar-refractivity contribution in [3.05, 3.63) is 90.4 Å². The average Bonchev–Trinajstić information content (AvgIpc) is 3.52. The van der Waals surface area contributed by atoms with Gasteiger partial charge < -0.3 is 4.90 Å². The third-order valence-corrected chi connectivity index (χ3v) is 8.23. The molecule has 2 aromatic carbocycles. The van der Waals surface area contributed by atoms with Gasteiger partial charge in [-0.1, -0.05) is 42.0 Å². The minimum atomic E-state index is -3.84. The van der Waals surface area contributed by atoms with Crippen molar-refractivity contribution in [3.63, 3.8) is 0 Å². The summed E-state index contributed by atoms with van der Waals surface area (Å²) in [5, 5.41) is 8.58. The van der Waals surface area contributed by atoms with E-state index in [0.717, 1.165) is 29.9 Å². The third kappa shape index (κ3) is 4.51. The van der Waals surface area contributed by atoms with Crippen LogP contribution in [-0.2, 0) is 14.8 Å². The lowest BCUT2D eigenvalue weighted by Gasteiger charge is -2.27. The monoisotopic (exact) mass is 489 g/mol. The lowest BCUT2D eigenvalue weighted by atomic mass is 10.2. The fourth-order valence-electron chi connectivity index (χ4n) is 4.58. The van der Waals surface area contributed by atoms with E-state index in [2.05, 4.69) is 10.2 Å². The van der Waals surface area contributed by atoms with Crippen LogP contribution in [0.1, 0.15) is 36.7 Å². The zero-order valence-electron chi connectivity index (χ0n) is 19.5.